The van der Waals surface area contributed by atoms with Gasteiger partial charge < -0.3 is 4.90 Å². The van der Waals surface area contributed by atoms with E-state index in [-0.39, 0.29) is 17.5 Å². The number of fused-ring (bicyclic) bond motifs is 2. The highest BCUT2D eigenvalue weighted by atomic mass is 16.2. The van der Waals surface area contributed by atoms with Crippen LogP contribution in [0.25, 0.3) is 11.3 Å². The van der Waals surface area contributed by atoms with Crippen LogP contribution in [-0.2, 0) is 4.79 Å². The fourth-order valence-electron chi connectivity index (χ4n) is 5.82. The number of carbonyl (C=O) groups excluding carboxylic acids is 1. The maximum absolute atomic E-state index is 13.0. The Morgan fingerprint density at radius 1 is 0.862 bits per heavy atom. The van der Waals surface area contributed by atoms with Crippen molar-refractivity contribution in [1.82, 2.24) is 14.7 Å². The normalized spacial score (nSPS) is 27.2. The van der Waals surface area contributed by atoms with Crippen molar-refractivity contribution in [2.45, 2.75) is 51.0 Å². The standard InChI is InChI=1S/C24H29N3O2/c28-22-14-13-21(17-7-2-1-3-8-17)25-27(22)23-19-11-6-12-20(23)16-26(15-19)24(29)18-9-4-5-10-18/h1-3,7-8,13-14,18-20,23H,4-6,9-12,15-16H2/t19-,20-/m1/s1. The number of nitrogens with zero attached hydrogens (tertiary/aromatic N) is 3. The third-order valence-corrected chi connectivity index (χ3v) is 7.22. The summed E-state index contributed by atoms with van der Waals surface area (Å²) in [6, 6.07) is 13.6. The summed E-state index contributed by atoms with van der Waals surface area (Å²) >= 11 is 0. The highest BCUT2D eigenvalue weighted by Gasteiger charge is 2.44. The zero-order valence-corrected chi connectivity index (χ0v) is 16.9. The van der Waals surface area contributed by atoms with Gasteiger partial charge in [0.15, 0.2) is 0 Å². The molecule has 2 aliphatic carbocycles. The molecule has 1 aromatic carbocycles. The Balaban J connectivity index is 1.43. The van der Waals surface area contributed by atoms with E-state index >= 15 is 0 Å². The van der Waals surface area contributed by atoms with Crippen molar-refractivity contribution in [1.29, 1.82) is 0 Å². The number of piperidine rings is 1. The molecule has 5 rings (SSSR count). The highest BCUT2D eigenvalue weighted by Crippen LogP contribution is 2.43. The SMILES string of the molecule is O=C(C1CCCC1)N1C[C@H]2CCC[C@H](C1)C2n1nc(-c2ccccc2)ccc1=O. The van der Waals surface area contributed by atoms with E-state index in [1.165, 1.54) is 19.3 Å². The van der Waals surface area contributed by atoms with Crippen molar-refractivity contribution >= 4 is 5.91 Å². The Morgan fingerprint density at radius 3 is 2.24 bits per heavy atom. The van der Waals surface area contributed by atoms with Crippen molar-refractivity contribution < 1.29 is 4.79 Å². The first kappa shape index (κ1) is 18.6. The largest absolute Gasteiger partial charge is 0.342 e. The quantitative estimate of drug-likeness (QED) is 0.797. The average molecular weight is 392 g/mol. The fourth-order valence-corrected chi connectivity index (χ4v) is 5.82. The van der Waals surface area contributed by atoms with Gasteiger partial charge in [-0.15, -0.1) is 0 Å². The zero-order valence-electron chi connectivity index (χ0n) is 16.9. The van der Waals surface area contributed by atoms with E-state index in [0.717, 1.165) is 50.0 Å². The summed E-state index contributed by atoms with van der Waals surface area (Å²) in [5, 5.41) is 4.80. The van der Waals surface area contributed by atoms with E-state index in [0.29, 0.717) is 17.7 Å². The molecule has 2 atom stereocenters. The summed E-state index contributed by atoms with van der Waals surface area (Å²) in [4.78, 5) is 27.9. The van der Waals surface area contributed by atoms with Gasteiger partial charge in [0.25, 0.3) is 5.56 Å². The van der Waals surface area contributed by atoms with E-state index in [9.17, 15) is 9.59 Å². The second-order valence-corrected chi connectivity index (χ2v) is 9.03. The third-order valence-electron chi connectivity index (χ3n) is 7.22. The number of carbonyl (C=O) groups is 1. The lowest BCUT2D eigenvalue weighted by Crippen LogP contribution is -2.54. The van der Waals surface area contributed by atoms with Gasteiger partial charge in [0, 0.05) is 30.6 Å². The van der Waals surface area contributed by atoms with Gasteiger partial charge in [-0.3, -0.25) is 9.59 Å². The first-order valence-corrected chi connectivity index (χ1v) is 11.1. The van der Waals surface area contributed by atoms with Crippen LogP contribution < -0.4 is 5.56 Å². The average Bonchev–Trinajstić information content (AvgIpc) is 3.28. The molecule has 2 bridgehead atoms. The topological polar surface area (TPSA) is 55.2 Å². The number of aromatic nitrogens is 2. The summed E-state index contributed by atoms with van der Waals surface area (Å²) in [6.07, 6.45) is 7.79. The number of hydrogen-bond donors (Lipinski definition) is 0. The molecule has 1 aromatic heterocycles. The molecular formula is C24H29N3O2. The molecule has 1 amide bonds. The van der Waals surface area contributed by atoms with Crippen LogP contribution >= 0.6 is 0 Å². The Hall–Kier alpha value is -2.43. The summed E-state index contributed by atoms with van der Waals surface area (Å²) in [5.74, 6) is 1.24. The molecule has 1 aliphatic heterocycles. The lowest BCUT2D eigenvalue weighted by atomic mass is 9.73. The molecular weight excluding hydrogens is 362 g/mol. The van der Waals surface area contributed by atoms with Crippen LogP contribution in [-0.4, -0.2) is 33.7 Å². The van der Waals surface area contributed by atoms with Crippen LogP contribution in [0.2, 0.25) is 0 Å². The van der Waals surface area contributed by atoms with E-state index in [4.69, 9.17) is 5.10 Å². The second kappa shape index (κ2) is 7.77. The van der Waals surface area contributed by atoms with Crippen molar-refractivity contribution in [3.63, 3.8) is 0 Å². The van der Waals surface area contributed by atoms with Crippen LogP contribution in [0.3, 0.4) is 0 Å². The fraction of sp³-hybridized carbons (Fsp3) is 0.542. The van der Waals surface area contributed by atoms with Crippen LogP contribution in [0.15, 0.2) is 47.3 Å². The third kappa shape index (κ3) is 3.52. The molecule has 1 saturated heterocycles. The lowest BCUT2D eigenvalue weighted by Gasteiger charge is -2.47. The molecule has 3 aliphatic rings. The van der Waals surface area contributed by atoms with Crippen molar-refractivity contribution in [3.8, 4) is 11.3 Å². The number of hydrogen-bond acceptors (Lipinski definition) is 3. The summed E-state index contributed by atoms with van der Waals surface area (Å²) < 4.78 is 1.74. The first-order valence-electron chi connectivity index (χ1n) is 11.1. The van der Waals surface area contributed by atoms with Crippen LogP contribution in [0.4, 0.5) is 0 Å². The highest BCUT2D eigenvalue weighted by molar-refractivity contribution is 5.79. The van der Waals surface area contributed by atoms with Crippen molar-refractivity contribution in [3.05, 3.63) is 52.8 Å². The van der Waals surface area contributed by atoms with E-state index in [2.05, 4.69) is 4.90 Å². The molecule has 2 aromatic rings. The molecule has 152 valence electrons. The minimum absolute atomic E-state index is 0.0258. The van der Waals surface area contributed by atoms with Crippen LogP contribution in [0, 0.1) is 17.8 Å². The smallest absolute Gasteiger partial charge is 0.267 e. The Bertz CT molecular complexity index is 919. The number of rotatable bonds is 3. The maximum atomic E-state index is 13.0. The van der Waals surface area contributed by atoms with Crippen LogP contribution in [0.1, 0.15) is 51.0 Å². The number of likely N-dealkylation sites (tertiary alicyclic amines) is 1. The molecule has 5 heteroatoms. The molecule has 3 fully saturated rings. The summed E-state index contributed by atoms with van der Waals surface area (Å²) in [5.41, 5.74) is 1.84. The second-order valence-electron chi connectivity index (χ2n) is 9.03. The van der Waals surface area contributed by atoms with Gasteiger partial charge in [-0.1, -0.05) is 49.6 Å². The van der Waals surface area contributed by atoms with E-state index in [1.54, 1.807) is 10.7 Å². The van der Waals surface area contributed by atoms with Crippen molar-refractivity contribution in [2.24, 2.45) is 17.8 Å². The Labute approximate surface area is 171 Å². The number of amides is 1. The summed E-state index contributed by atoms with van der Waals surface area (Å²) in [6.45, 7) is 1.56. The summed E-state index contributed by atoms with van der Waals surface area (Å²) in [7, 11) is 0. The molecule has 0 unspecified atom stereocenters. The van der Waals surface area contributed by atoms with Crippen LogP contribution in [0.5, 0.6) is 0 Å². The van der Waals surface area contributed by atoms with Gasteiger partial charge in [-0.25, -0.2) is 4.68 Å². The minimum Gasteiger partial charge on any atom is -0.342 e. The van der Waals surface area contributed by atoms with E-state index in [1.807, 2.05) is 36.4 Å². The predicted octanol–water partition coefficient (Wildman–Crippen LogP) is 3.90. The lowest BCUT2D eigenvalue weighted by molar-refractivity contribution is -0.140. The molecule has 2 heterocycles. The monoisotopic (exact) mass is 391 g/mol. The predicted molar refractivity (Wildman–Crippen MR) is 112 cm³/mol. The molecule has 0 radical (unpaired) electrons. The van der Waals surface area contributed by atoms with Gasteiger partial charge in [-0.05, 0) is 43.6 Å². The van der Waals surface area contributed by atoms with E-state index < -0.39 is 0 Å². The van der Waals surface area contributed by atoms with Gasteiger partial charge in [0.2, 0.25) is 5.91 Å². The molecule has 2 saturated carbocycles. The Morgan fingerprint density at radius 2 is 1.55 bits per heavy atom. The maximum Gasteiger partial charge on any atom is 0.267 e. The molecule has 5 nitrogen and oxygen atoms in total. The molecule has 29 heavy (non-hydrogen) atoms. The molecule has 0 N–H and O–H groups in total. The number of benzene rings is 1. The van der Waals surface area contributed by atoms with Gasteiger partial charge in [0.05, 0.1) is 11.7 Å². The zero-order chi connectivity index (χ0) is 19.8. The Kier molecular flexibility index (Phi) is 4.98. The van der Waals surface area contributed by atoms with Gasteiger partial charge >= 0.3 is 0 Å². The molecule has 0 spiro atoms. The van der Waals surface area contributed by atoms with Crippen molar-refractivity contribution in [2.75, 3.05) is 13.1 Å². The van der Waals surface area contributed by atoms with Gasteiger partial charge in [0.1, 0.15) is 0 Å². The minimum atomic E-state index is -0.0258. The first-order chi connectivity index (χ1) is 14.2. The van der Waals surface area contributed by atoms with Gasteiger partial charge in [-0.2, -0.15) is 5.10 Å².